The maximum absolute atomic E-state index is 14.9. The number of rotatable bonds is 10. The number of carbonyl (C=O) groups is 3. The first-order valence-corrected chi connectivity index (χ1v) is 15.5. The van der Waals surface area contributed by atoms with Gasteiger partial charge in [0.1, 0.15) is 6.04 Å². The second-order valence-electron chi connectivity index (χ2n) is 12.1. The largest absolute Gasteiger partial charge is 0.394 e. The number of likely N-dealkylation sites (tertiary alicyclic amines) is 1. The topological polar surface area (TPSA) is 81.2 Å². The zero-order valence-electron chi connectivity index (χ0n) is 25.0. The van der Waals surface area contributed by atoms with E-state index >= 15 is 0 Å². The Bertz CT molecular complexity index is 1390. The number of thioether (sulfide) groups is 1. The Labute approximate surface area is 253 Å². The molecule has 3 amide bonds. The van der Waals surface area contributed by atoms with Gasteiger partial charge in [-0.15, -0.1) is 24.9 Å². The number of carbonyl (C=O) groups excluding carboxylic acids is 3. The molecule has 5 rings (SSSR count). The van der Waals surface area contributed by atoms with Crippen LogP contribution in [-0.4, -0.2) is 69.0 Å². The third kappa shape index (κ3) is 4.51. The van der Waals surface area contributed by atoms with E-state index in [0.29, 0.717) is 19.4 Å². The average Bonchev–Trinajstić information content (AvgIpc) is 3.55. The van der Waals surface area contributed by atoms with Crippen LogP contribution >= 0.6 is 11.8 Å². The number of fused-ring (bicyclic) bond motifs is 1. The van der Waals surface area contributed by atoms with Gasteiger partial charge in [-0.25, -0.2) is 0 Å². The molecule has 0 aliphatic carbocycles. The summed E-state index contributed by atoms with van der Waals surface area (Å²) in [4.78, 5) is 49.0. The SMILES string of the molecule is C=CCN(C(=O)[C@H]1[C@H]2C(=O)N([C@H](C)CO)C(C(=O)N(CC=C)c3c(C)cccc3C)C23CC[C@]1(C)S3)c1ccccc1. The predicted octanol–water partition coefficient (Wildman–Crippen LogP) is 4.90. The van der Waals surface area contributed by atoms with Gasteiger partial charge in [0.2, 0.25) is 11.8 Å². The Hall–Kier alpha value is -3.36. The van der Waals surface area contributed by atoms with Crippen LogP contribution in [0.15, 0.2) is 73.8 Å². The van der Waals surface area contributed by atoms with Crippen LogP contribution in [0.2, 0.25) is 0 Å². The van der Waals surface area contributed by atoms with Crippen LogP contribution in [0, 0.1) is 25.7 Å². The van der Waals surface area contributed by atoms with E-state index in [-0.39, 0.29) is 30.9 Å². The smallest absolute Gasteiger partial charge is 0.251 e. The van der Waals surface area contributed by atoms with Gasteiger partial charge in [-0.3, -0.25) is 14.4 Å². The zero-order valence-corrected chi connectivity index (χ0v) is 25.8. The summed E-state index contributed by atoms with van der Waals surface area (Å²) in [6.07, 6.45) is 4.75. The van der Waals surface area contributed by atoms with Crippen LogP contribution in [0.1, 0.15) is 37.8 Å². The molecule has 8 heteroatoms. The Morgan fingerprint density at radius 2 is 1.64 bits per heavy atom. The van der Waals surface area contributed by atoms with Crippen LogP contribution in [0.3, 0.4) is 0 Å². The van der Waals surface area contributed by atoms with Crippen molar-refractivity contribution >= 4 is 40.9 Å². The van der Waals surface area contributed by atoms with E-state index in [0.717, 1.165) is 22.5 Å². The van der Waals surface area contributed by atoms with Gasteiger partial charge in [-0.2, -0.15) is 0 Å². The molecule has 0 radical (unpaired) electrons. The first kappa shape index (κ1) is 30.1. The monoisotopic (exact) mass is 587 g/mol. The minimum atomic E-state index is -0.828. The predicted molar refractivity (Wildman–Crippen MR) is 170 cm³/mol. The summed E-state index contributed by atoms with van der Waals surface area (Å²) in [7, 11) is 0. The third-order valence-electron chi connectivity index (χ3n) is 9.39. The summed E-state index contributed by atoms with van der Waals surface area (Å²) in [6, 6.07) is 14.0. The van der Waals surface area contributed by atoms with Crippen molar-refractivity contribution in [1.29, 1.82) is 0 Å². The molecule has 3 aliphatic heterocycles. The van der Waals surface area contributed by atoms with Crippen molar-refractivity contribution in [3.05, 3.63) is 85.0 Å². The van der Waals surface area contributed by atoms with Crippen molar-refractivity contribution in [3.8, 4) is 0 Å². The number of anilines is 2. The van der Waals surface area contributed by atoms with Gasteiger partial charge >= 0.3 is 0 Å². The number of hydrogen-bond donors (Lipinski definition) is 1. The van der Waals surface area contributed by atoms with E-state index in [4.69, 9.17) is 0 Å². The molecule has 2 bridgehead atoms. The van der Waals surface area contributed by atoms with Gasteiger partial charge in [0, 0.05) is 29.2 Å². The second-order valence-corrected chi connectivity index (χ2v) is 14.0. The van der Waals surface area contributed by atoms with Crippen LogP contribution in [0.4, 0.5) is 11.4 Å². The fraction of sp³-hybridized carbons (Fsp3) is 0.441. The maximum atomic E-state index is 14.9. The quantitative estimate of drug-likeness (QED) is 0.400. The van der Waals surface area contributed by atoms with Crippen molar-refractivity contribution in [2.75, 3.05) is 29.5 Å². The van der Waals surface area contributed by atoms with Crippen molar-refractivity contribution in [2.45, 2.75) is 62.1 Å². The van der Waals surface area contributed by atoms with E-state index in [1.54, 1.807) is 45.5 Å². The molecule has 0 aromatic heterocycles. The number of hydrogen-bond acceptors (Lipinski definition) is 5. The number of benzene rings is 2. The molecule has 2 unspecified atom stereocenters. The second kappa shape index (κ2) is 11.4. The van der Waals surface area contributed by atoms with Gasteiger partial charge in [0.05, 0.1) is 29.2 Å². The Morgan fingerprint density at radius 1 is 1.02 bits per heavy atom. The van der Waals surface area contributed by atoms with Crippen LogP contribution in [0.5, 0.6) is 0 Å². The van der Waals surface area contributed by atoms with Gasteiger partial charge in [0.15, 0.2) is 0 Å². The lowest BCUT2D eigenvalue weighted by molar-refractivity contribution is -0.142. The van der Waals surface area contributed by atoms with Crippen molar-refractivity contribution < 1.29 is 19.5 Å². The van der Waals surface area contributed by atoms with Gasteiger partial charge < -0.3 is 19.8 Å². The van der Waals surface area contributed by atoms with Crippen molar-refractivity contribution in [2.24, 2.45) is 11.8 Å². The van der Waals surface area contributed by atoms with Crippen LogP contribution < -0.4 is 9.80 Å². The highest BCUT2D eigenvalue weighted by atomic mass is 32.2. The molecule has 1 N–H and O–H groups in total. The van der Waals surface area contributed by atoms with Gasteiger partial charge in [-0.05, 0) is 63.8 Å². The number of aryl methyl sites for hydroxylation is 2. The summed E-state index contributed by atoms with van der Waals surface area (Å²) < 4.78 is -1.31. The molecule has 2 aromatic carbocycles. The molecular formula is C34H41N3O4S. The standard InChI is InChI=1S/C34H41N3O4S/c1-7-19-35(25-15-10-9-11-16-25)30(39)26-27-31(40)37(24(5)21-38)29(34(27)18-17-33(26,6)42-34)32(41)36(20-8-2)28-22(3)13-12-14-23(28)4/h7-16,24,26-27,29,38H,1-2,17-21H2,3-6H3/t24-,26-,27+,29?,33+,34?/m1/s1. The summed E-state index contributed by atoms with van der Waals surface area (Å²) in [5.74, 6) is -1.85. The molecule has 42 heavy (non-hydrogen) atoms. The van der Waals surface area contributed by atoms with Gasteiger partial charge in [-0.1, -0.05) is 48.6 Å². The van der Waals surface area contributed by atoms with Crippen LogP contribution in [0.25, 0.3) is 0 Å². The molecule has 2 aromatic rings. The molecule has 7 nitrogen and oxygen atoms in total. The van der Waals surface area contributed by atoms with Gasteiger partial charge in [0.25, 0.3) is 5.91 Å². The molecule has 6 atom stereocenters. The van der Waals surface area contributed by atoms with Crippen molar-refractivity contribution in [1.82, 2.24) is 4.90 Å². The number of aliphatic hydroxyl groups excluding tert-OH is 1. The minimum absolute atomic E-state index is 0.126. The molecule has 222 valence electrons. The molecular weight excluding hydrogens is 546 g/mol. The van der Waals surface area contributed by atoms with Crippen LogP contribution in [-0.2, 0) is 14.4 Å². The Morgan fingerprint density at radius 3 is 2.24 bits per heavy atom. The highest BCUT2D eigenvalue weighted by Gasteiger charge is 2.78. The minimum Gasteiger partial charge on any atom is -0.394 e. The van der Waals surface area contributed by atoms with E-state index < -0.39 is 33.4 Å². The lowest BCUT2D eigenvalue weighted by Gasteiger charge is -2.39. The maximum Gasteiger partial charge on any atom is 0.251 e. The highest BCUT2D eigenvalue weighted by Crippen LogP contribution is 2.72. The van der Waals surface area contributed by atoms with E-state index in [9.17, 15) is 19.5 Å². The summed E-state index contributed by atoms with van der Waals surface area (Å²) in [5, 5.41) is 10.3. The zero-order chi connectivity index (χ0) is 30.4. The lowest BCUT2D eigenvalue weighted by Crippen LogP contribution is -2.57. The molecule has 3 heterocycles. The molecule has 3 fully saturated rings. The number of nitrogens with zero attached hydrogens (tertiary/aromatic N) is 3. The van der Waals surface area contributed by atoms with E-state index in [2.05, 4.69) is 20.1 Å². The van der Waals surface area contributed by atoms with E-state index in [1.165, 1.54) is 0 Å². The third-order valence-corrected chi connectivity index (χ3v) is 11.4. The summed E-state index contributed by atoms with van der Waals surface area (Å²) in [5.41, 5.74) is 3.47. The molecule has 0 saturated carbocycles. The summed E-state index contributed by atoms with van der Waals surface area (Å²) in [6.45, 7) is 15.9. The molecule has 3 aliphatic rings. The highest BCUT2D eigenvalue weighted by molar-refractivity contribution is 8.02. The number of para-hydroxylation sites is 2. The fourth-order valence-corrected chi connectivity index (χ4v) is 9.94. The number of aliphatic hydroxyl groups is 1. The Balaban J connectivity index is 1.63. The Kier molecular flexibility index (Phi) is 8.16. The molecule has 1 spiro atoms. The first-order chi connectivity index (χ1) is 20.1. The number of amides is 3. The fourth-order valence-electron chi connectivity index (χ4n) is 7.61. The summed E-state index contributed by atoms with van der Waals surface area (Å²) >= 11 is 1.64. The van der Waals surface area contributed by atoms with Crippen molar-refractivity contribution in [3.63, 3.8) is 0 Å². The molecule has 3 saturated heterocycles. The first-order valence-electron chi connectivity index (χ1n) is 14.6. The lowest BCUT2D eigenvalue weighted by atomic mass is 9.66. The normalized spacial score (nSPS) is 28.4. The average molecular weight is 588 g/mol. The van der Waals surface area contributed by atoms with E-state index in [1.807, 2.05) is 62.4 Å².